The lowest BCUT2D eigenvalue weighted by molar-refractivity contribution is -0.145. The Morgan fingerprint density at radius 2 is 1.93 bits per heavy atom. The average Bonchev–Trinajstić information content (AvgIpc) is 3.59. The molecular formula is C31H29F3N6O5S. The van der Waals surface area contributed by atoms with Gasteiger partial charge in [-0.05, 0) is 78.6 Å². The first kappa shape index (κ1) is 31.4. The standard InChI is InChI=1S/C31H29F3N6O5S/c1-17-10-24-28(36-14-17)45-30(7-8-30)16-39(46(24,43)44)15-22-12-20(4-5-21(22)13-35)26(18(2)11-25(41)42)23-6-9-40-27(19(23)3)37-38-29(40)31(32,33)34/h4-6,9-10,12,14,18,26H,7-8,11,15-16H2,1-3H3,(H,41,42). The van der Waals surface area contributed by atoms with E-state index >= 15 is 0 Å². The van der Waals surface area contributed by atoms with Crippen LogP contribution in [0.2, 0.25) is 0 Å². The fraction of sp³-hybridized carbons (Fsp3) is 0.387. The Bertz CT molecular complexity index is 2030. The molecule has 2 unspecified atom stereocenters. The molecule has 6 rings (SSSR count). The zero-order chi connectivity index (χ0) is 33.2. The largest absolute Gasteiger partial charge is 0.481 e. The van der Waals surface area contributed by atoms with Crippen LogP contribution >= 0.6 is 0 Å². The van der Waals surface area contributed by atoms with Gasteiger partial charge >= 0.3 is 12.1 Å². The first-order chi connectivity index (χ1) is 21.6. The Balaban J connectivity index is 1.45. The van der Waals surface area contributed by atoms with Gasteiger partial charge in [0.05, 0.1) is 18.2 Å². The van der Waals surface area contributed by atoms with Crippen LogP contribution in [-0.4, -0.2) is 55.5 Å². The van der Waals surface area contributed by atoms with Crippen LogP contribution in [0.4, 0.5) is 13.2 Å². The molecule has 0 saturated heterocycles. The van der Waals surface area contributed by atoms with Gasteiger partial charge < -0.3 is 9.84 Å². The predicted molar refractivity (Wildman–Crippen MR) is 156 cm³/mol. The normalized spacial score (nSPS) is 18.3. The molecule has 15 heteroatoms. The van der Waals surface area contributed by atoms with Gasteiger partial charge in [-0.25, -0.2) is 13.4 Å². The molecule has 240 valence electrons. The summed E-state index contributed by atoms with van der Waals surface area (Å²) < 4.78 is 76.8. The van der Waals surface area contributed by atoms with Crippen LogP contribution in [0.15, 0.2) is 47.6 Å². The molecule has 2 atom stereocenters. The third kappa shape index (κ3) is 5.56. The highest BCUT2D eigenvalue weighted by Gasteiger charge is 2.52. The zero-order valence-corrected chi connectivity index (χ0v) is 25.9. The molecule has 1 fully saturated rings. The number of aromatic nitrogens is 4. The molecule has 1 aliphatic heterocycles. The number of fused-ring (bicyclic) bond motifs is 2. The summed E-state index contributed by atoms with van der Waals surface area (Å²) in [6.07, 6.45) is -0.994. The Kier molecular flexibility index (Phi) is 7.56. The van der Waals surface area contributed by atoms with Crippen LogP contribution in [-0.2, 0) is 27.5 Å². The minimum absolute atomic E-state index is 0.0285. The first-order valence-corrected chi connectivity index (χ1v) is 15.9. The van der Waals surface area contributed by atoms with Crippen molar-refractivity contribution in [2.45, 2.75) is 69.2 Å². The molecule has 0 bridgehead atoms. The molecule has 1 spiro atoms. The van der Waals surface area contributed by atoms with E-state index in [1.807, 2.05) is 0 Å². The van der Waals surface area contributed by atoms with E-state index in [9.17, 15) is 36.8 Å². The van der Waals surface area contributed by atoms with Crippen molar-refractivity contribution in [3.05, 3.63) is 81.9 Å². The van der Waals surface area contributed by atoms with Crippen LogP contribution in [0, 0.1) is 31.1 Å². The van der Waals surface area contributed by atoms with E-state index in [4.69, 9.17) is 4.74 Å². The molecule has 1 aromatic carbocycles. The van der Waals surface area contributed by atoms with Crippen LogP contribution in [0.3, 0.4) is 0 Å². The lowest BCUT2D eigenvalue weighted by Crippen LogP contribution is -2.38. The van der Waals surface area contributed by atoms with Gasteiger partial charge in [0.15, 0.2) is 5.65 Å². The van der Waals surface area contributed by atoms with Crippen molar-refractivity contribution >= 4 is 21.6 Å². The lowest BCUT2D eigenvalue weighted by atomic mass is 9.78. The second kappa shape index (κ2) is 11.1. The maximum atomic E-state index is 14.0. The average molecular weight is 655 g/mol. The van der Waals surface area contributed by atoms with E-state index in [1.165, 1.54) is 22.6 Å². The van der Waals surface area contributed by atoms with Crippen molar-refractivity contribution in [3.8, 4) is 11.9 Å². The summed E-state index contributed by atoms with van der Waals surface area (Å²) in [5.41, 5.74) is 1.95. The van der Waals surface area contributed by atoms with Crippen molar-refractivity contribution in [2.24, 2.45) is 5.92 Å². The molecule has 11 nitrogen and oxygen atoms in total. The van der Waals surface area contributed by atoms with Crippen molar-refractivity contribution in [1.29, 1.82) is 5.26 Å². The Morgan fingerprint density at radius 3 is 2.59 bits per heavy atom. The van der Waals surface area contributed by atoms with Crippen LogP contribution in [0.1, 0.15) is 71.3 Å². The number of carbonyl (C=O) groups is 1. The number of benzene rings is 1. The predicted octanol–water partition coefficient (Wildman–Crippen LogP) is 4.99. The van der Waals surface area contributed by atoms with E-state index in [1.54, 1.807) is 45.2 Å². The summed E-state index contributed by atoms with van der Waals surface area (Å²) >= 11 is 0. The van der Waals surface area contributed by atoms with E-state index in [2.05, 4.69) is 21.3 Å². The van der Waals surface area contributed by atoms with Gasteiger partial charge in [-0.1, -0.05) is 19.1 Å². The van der Waals surface area contributed by atoms with Crippen LogP contribution in [0.5, 0.6) is 5.88 Å². The van der Waals surface area contributed by atoms with E-state index in [0.29, 0.717) is 40.7 Å². The number of rotatable bonds is 7. The fourth-order valence-corrected chi connectivity index (χ4v) is 7.83. The number of halogens is 3. The molecule has 1 aliphatic carbocycles. The van der Waals surface area contributed by atoms with Gasteiger partial charge in [0.1, 0.15) is 10.5 Å². The van der Waals surface area contributed by atoms with E-state index in [-0.39, 0.29) is 41.5 Å². The van der Waals surface area contributed by atoms with Gasteiger partial charge in [-0.2, -0.15) is 22.7 Å². The van der Waals surface area contributed by atoms with Crippen molar-refractivity contribution in [1.82, 2.24) is 23.9 Å². The van der Waals surface area contributed by atoms with E-state index in [0.717, 1.165) is 4.40 Å². The summed E-state index contributed by atoms with van der Waals surface area (Å²) in [5, 5.41) is 26.8. The Hall–Kier alpha value is -4.55. The van der Waals surface area contributed by atoms with Crippen molar-refractivity contribution < 1.29 is 36.2 Å². The summed E-state index contributed by atoms with van der Waals surface area (Å²) in [5.74, 6) is -3.44. The molecule has 1 saturated carbocycles. The minimum atomic E-state index is -4.74. The molecule has 46 heavy (non-hydrogen) atoms. The number of aryl methyl sites for hydroxylation is 2. The molecule has 4 aromatic rings. The monoisotopic (exact) mass is 654 g/mol. The summed E-state index contributed by atoms with van der Waals surface area (Å²) in [6.45, 7) is 4.91. The molecule has 2 aliphatic rings. The number of alkyl halides is 3. The van der Waals surface area contributed by atoms with Crippen molar-refractivity contribution in [3.63, 3.8) is 0 Å². The number of ether oxygens (including phenoxy) is 1. The van der Waals surface area contributed by atoms with Crippen molar-refractivity contribution in [2.75, 3.05) is 6.54 Å². The Morgan fingerprint density at radius 1 is 1.20 bits per heavy atom. The van der Waals surface area contributed by atoms with E-state index < -0.39 is 45.4 Å². The Labute approximate surface area is 262 Å². The fourth-order valence-electron chi connectivity index (χ4n) is 6.19. The molecule has 0 radical (unpaired) electrons. The maximum Gasteiger partial charge on any atom is 0.452 e. The number of nitriles is 1. The summed E-state index contributed by atoms with van der Waals surface area (Å²) in [7, 11) is -4.11. The second-order valence-electron chi connectivity index (χ2n) is 12.1. The van der Waals surface area contributed by atoms with Gasteiger partial charge in [0, 0.05) is 31.3 Å². The molecule has 4 heterocycles. The third-order valence-electron chi connectivity index (χ3n) is 8.64. The number of pyridine rings is 2. The number of carboxylic acids is 1. The summed E-state index contributed by atoms with van der Waals surface area (Å²) in [6, 6.07) is 10.00. The number of sulfonamides is 1. The number of aliphatic carboxylic acids is 1. The number of nitrogens with zero attached hydrogens (tertiary/aromatic N) is 6. The molecular weight excluding hydrogens is 625 g/mol. The van der Waals surface area contributed by atoms with Gasteiger partial charge in [-0.3, -0.25) is 9.20 Å². The minimum Gasteiger partial charge on any atom is -0.481 e. The topological polar surface area (TPSA) is 151 Å². The highest BCUT2D eigenvalue weighted by Crippen LogP contribution is 2.46. The molecule has 0 amide bonds. The molecule has 1 N–H and O–H groups in total. The van der Waals surface area contributed by atoms with Crippen LogP contribution < -0.4 is 4.74 Å². The third-order valence-corrected chi connectivity index (χ3v) is 10.4. The number of carboxylic acid groups (broad SMARTS) is 1. The van der Waals surface area contributed by atoms with Crippen LogP contribution in [0.25, 0.3) is 5.65 Å². The second-order valence-corrected chi connectivity index (χ2v) is 14.0. The van der Waals surface area contributed by atoms with Gasteiger partial charge in [0.25, 0.3) is 0 Å². The quantitative estimate of drug-likeness (QED) is 0.291. The summed E-state index contributed by atoms with van der Waals surface area (Å²) in [4.78, 5) is 16.0. The van der Waals surface area contributed by atoms with Gasteiger partial charge in [-0.15, -0.1) is 10.2 Å². The maximum absolute atomic E-state index is 14.0. The lowest BCUT2D eigenvalue weighted by Gasteiger charge is -2.27. The first-order valence-electron chi connectivity index (χ1n) is 14.5. The smallest absolute Gasteiger partial charge is 0.452 e. The number of hydrogen-bond donors (Lipinski definition) is 1. The molecule has 3 aromatic heterocycles. The highest BCUT2D eigenvalue weighted by molar-refractivity contribution is 7.89. The number of hydrogen-bond acceptors (Lipinski definition) is 8. The zero-order valence-electron chi connectivity index (χ0n) is 25.0. The highest BCUT2D eigenvalue weighted by atomic mass is 32.2. The van der Waals surface area contributed by atoms with Gasteiger partial charge in [0.2, 0.25) is 21.7 Å². The SMILES string of the molecule is Cc1cnc2c(c1)S(=O)(=O)N(Cc1cc(C(c3ccn4c(C(F)(F)F)nnc4c3C)C(C)CC(=O)O)ccc1C#N)CC1(CC1)O2.